The molecule has 0 spiro atoms. The Morgan fingerprint density at radius 3 is 1.50 bits per heavy atom. The molecule has 2 aromatic rings. The largest absolute Gasteiger partial charge is 0.480 e. The van der Waals surface area contributed by atoms with E-state index in [2.05, 4.69) is 26.6 Å². The molecule has 7 amide bonds. The maximum Gasteiger partial charge on any atom is 0.326 e. The first-order valence-corrected chi connectivity index (χ1v) is 15.7. The van der Waals surface area contributed by atoms with Crippen LogP contribution in [0.3, 0.4) is 0 Å². The maximum absolute atomic E-state index is 13.5. The van der Waals surface area contributed by atoms with Gasteiger partial charge in [-0.05, 0) is 37.8 Å². The Hall–Kier alpha value is -5.84. The first-order valence-electron chi connectivity index (χ1n) is 15.7. The summed E-state index contributed by atoms with van der Waals surface area (Å²) in [5, 5.41) is 21.3. The summed E-state index contributed by atoms with van der Waals surface area (Å²) in [6, 6.07) is 9.70. The first-order chi connectivity index (χ1) is 23.6. The van der Waals surface area contributed by atoms with E-state index in [0.717, 1.165) is 5.56 Å². The Balaban J connectivity index is 2.18. The number of primary amides is 2. The number of benzene rings is 2. The molecular formula is C33H44N8O9. The first kappa shape index (κ1) is 40.3. The zero-order chi connectivity index (χ0) is 37.4. The molecule has 0 heterocycles. The van der Waals surface area contributed by atoms with Crippen molar-refractivity contribution in [3.05, 3.63) is 71.8 Å². The summed E-state index contributed by atoms with van der Waals surface area (Å²) in [4.78, 5) is 99.6. The van der Waals surface area contributed by atoms with Gasteiger partial charge in [0.1, 0.15) is 30.2 Å². The average Bonchev–Trinajstić information content (AvgIpc) is 3.06. The van der Waals surface area contributed by atoms with E-state index in [0.29, 0.717) is 5.56 Å². The van der Waals surface area contributed by atoms with E-state index < -0.39 is 90.0 Å². The van der Waals surface area contributed by atoms with Gasteiger partial charge in [-0.1, -0.05) is 60.7 Å². The van der Waals surface area contributed by atoms with Crippen molar-refractivity contribution < 1.29 is 43.5 Å². The molecule has 6 atom stereocenters. The van der Waals surface area contributed by atoms with E-state index in [-0.39, 0.29) is 25.7 Å². The van der Waals surface area contributed by atoms with Crippen LogP contribution < -0.4 is 43.8 Å². The Morgan fingerprint density at radius 1 is 0.580 bits per heavy atom. The van der Waals surface area contributed by atoms with Crippen LogP contribution in [0, 0.1) is 0 Å². The number of nitrogens with two attached hydrogens (primary N) is 3. The second-order valence-corrected chi connectivity index (χ2v) is 11.6. The minimum absolute atomic E-state index is 0.0750. The molecule has 2 aromatic carbocycles. The lowest BCUT2D eigenvalue weighted by molar-refractivity contribution is -0.143. The zero-order valence-electron chi connectivity index (χ0n) is 27.7. The number of aliphatic carboxylic acids is 1. The van der Waals surface area contributed by atoms with Crippen LogP contribution in [-0.2, 0) is 51.2 Å². The lowest BCUT2D eigenvalue weighted by Gasteiger charge is -2.26. The summed E-state index contributed by atoms with van der Waals surface area (Å²) in [7, 11) is 0. The molecule has 0 bridgehead atoms. The summed E-state index contributed by atoms with van der Waals surface area (Å²) in [6.45, 7) is 2.64. The molecule has 17 nitrogen and oxygen atoms in total. The topological polar surface area (TPSA) is 295 Å². The molecule has 0 saturated heterocycles. The van der Waals surface area contributed by atoms with Crippen molar-refractivity contribution in [3.8, 4) is 0 Å². The molecule has 0 aliphatic rings. The van der Waals surface area contributed by atoms with Gasteiger partial charge in [-0.3, -0.25) is 33.6 Å². The van der Waals surface area contributed by atoms with Crippen LogP contribution in [0.15, 0.2) is 60.7 Å². The van der Waals surface area contributed by atoms with Crippen molar-refractivity contribution in [2.24, 2.45) is 17.2 Å². The standard InChI is InChI=1S/C33H44N8O9/c1-18(37-30(46)22(34)15-20-9-5-3-6-10-20)28(44)39-23(13-14-26(35)42)31(47)40-24(16-21-11-7-4-8-12-21)32(48)38-19(2)29(45)41-25(33(49)50)17-27(36)43/h3-12,18-19,22-25H,13-17,34H2,1-2H3,(H2,35,42)(H2,36,43)(H,37,46)(H,38,48)(H,39,44)(H,40,47)(H,41,45)(H,49,50)/t18-,19-,22-,23-,24-,25-/m0/s1. The van der Waals surface area contributed by atoms with Gasteiger partial charge in [-0.2, -0.15) is 0 Å². The molecule has 17 heteroatoms. The van der Waals surface area contributed by atoms with Crippen molar-refractivity contribution >= 4 is 47.3 Å². The van der Waals surface area contributed by atoms with Crippen molar-refractivity contribution in [1.29, 1.82) is 0 Å². The van der Waals surface area contributed by atoms with Crippen LogP contribution in [0.2, 0.25) is 0 Å². The van der Waals surface area contributed by atoms with E-state index >= 15 is 0 Å². The third-order valence-corrected chi connectivity index (χ3v) is 7.39. The number of carbonyl (C=O) groups is 8. The fourth-order valence-electron chi connectivity index (χ4n) is 4.61. The molecule has 0 saturated carbocycles. The minimum atomic E-state index is -1.64. The summed E-state index contributed by atoms with van der Waals surface area (Å²) in [5.74, 6) is -7.31. The molecule has 0 unspecified atom stereocenters. The molecule has 50 heavy (non-hydrogen) atoms. The molecule has 0 aromatic heterocycles. The molecule has 0 radical (unpaired) electrons. The molecule has 2 rings (SSSR count). The lowest BCUT2D eigenvalue weighted by Crippen LogP contribution is -2.59. The fourth-order valence-corrected chi connectivity index (χ4v) is 4.61. The normalized spacial score (nSPS) is 14.3. The van der Waals surface area contributed by atoms with Crippen LogP contribution in [0.5, 0.6) is 0 Å². The van der Waals surface area contributed by atoms with Crippen LogP contribution >= 0.6 is 0 Å². The highest BCUT2D eigenvalue weighted by Gasteiger charge is 2.31. The predicted molar refractivity (Wildman–Crippen MR) is 179 cm³/mol. The van der Waals surface area contributed by atoms with Gasteiger partial charge in [-0.15, -0.1) is 0 Å². The van der Waals surface area contributed by atoms with Gasteiger partial charge in [0.15, 0.2) is 0 Å². The van der Waals surface area contributed by atoms with Gasteiger partial charge in [-0.25, -0.2) is 4.79 Å². The van der Waals surface area contributed by atoms with Gasteiger partial charge in [0.25, 0.3) is 0 Å². The third-order valence-electron chi connectivity index (χ3n) is 7.39. The van der Waals surface area contributed by atoms with Crippen molar-refractivity contribution in [2.45, 2.75) is 82.2 Å². The minimum Gasteiger partial charge on any atom is -0.480 e. The average molecular weight is 697 g/mol. The van der Waals surface area contributed by atoms with E-state index in [4.69, 9.17) is 17.2 Å². The highest BCUT2D eigenvalue weighted by Crippen LogP contribution is 2.07. The number of rotatable bonds is 20. The van der Waals surface area contributed by atoms with Gasteiger partial charge < -0.3 is 48.9 Å². The highest BCUT2D eigenvalue weighted by molar-refractivity contribution is 5.96. The maximum atomic E-state index is 13.5. The summed E-state index contributed by atoms with van der Waals surface area (Å²) >= 11 is 0. The van der Waals surface area contributed by atoms with Crippen molar-refractivity contribution in [3.63, 3.8) is 0 Å². The molecule has 0 fully saturated rings. The predicted octanol–water partition coefficient (Wildman–Crippen LogP) is -2.51. The van der Waals surface area contributed by atoms with Crippen LogP contribution in [0.1, 0.15) is 44.2 Å². The van der Waals surface area contributed by atoms with Crippen LogP contribution in [0.4, 0.5) is 0 Å². The number of hydrogen-bond acceptors (Lipinski definition) is 9. The number of hydrogen-bond donors (Lipinski definition) is 9. The van der Waals surface area contributed by atoms with E-state index in [1.54, 1.807) is 54.6 Å². The Kier molecular flexibility index (Phi) is 16.0. The smallest absolute Gasteiger partial charge is 0.326 e. The molecule has 270 valence electrons. The van der Waals surface area contributed by atoms with E-state index in [1.165, 1.54) is 13.8 Å². The molecule has 0 aliphatic heterocycles. The lowest BCUT2D eigenvalue weighted by atomic mass is 10.0. The van der Waals surface area contributed by atoms with Crippen molar-refractivity contribution in [1.82, 2.24) is 26.6 Å². The summed E-state index contributed by atoms with van der Waals surface area (Å²) in [6.07, 6.45) is -1.12. The van der Waals surface area contributed by atoms with Gasteiger partial charge in [0, 0.05) is 12.8 Å². The Labute approximate surface area is 288 Å². The SMILES string of the molecule is C[C@H](NC(=O)[C@H](Cc1ccccc1)NC(=O)[C@H](CCC(N)=O)NC(=O)[C@H](C)NC(=O)[C@@H](N)Cc1ccccc1)C(=O)N[C@@H](CC(N)=O)C(=O)O. The molecule has 0 aliphatic carbocycles. The summed E-state index contributed by atoms with van der Waals surface area (Å²) < 4.78 is 0. The number of carbonyl (C=O) groups excluding carboxylic acids is 7. The number of carboxylic acid groups (broad SMARTS) is 1. The second-order valence-electron chi connectivity index (χ2n) is 11.6. The molecular weight excluding hydrogens is 652 g/mol. The third kappa shape index (κ3) is 14.1. The van der Waals surface area contributed by atoms with Gasteiger partial charge in [0.05, 0.1) is 12.5 Å². The highest BCUT2D eigenvalue weighted by atomic mass is 16.4. The van der Waals surface area contributed by atoms with Crippen LogP contribution in [-0.4, -0.2) is 88.7 Å². The fraction of sp³-hybridized carbons (Fsp3) is 0.394. The summed E-state index contributed by atoms with van der Waals surface area (Å²) in [5.41, 5.74) is 17.8. The van der Waals surface area contributed by atoms with Gasteiger partial charge >= 0.3 is 5.97 Å². The van der Waals surface area contributed by atoms with Crippen molar-refractivity contribution in [2.75, 3.05) is 0 Å². The zero-order valence-corrected chi connectivity index (χ0v) is 27.7. The Bertz CT molecular complexity index is 1520. The second kappa shape index (κ2) is 19.9. The van der Waals surface area contributed by atoms with Gasteiger partial charge in [0.2, 0.25) is 41.4 Å². The molecule has 12 N–H and O–H groups in total. The monoisotopic (exact) mass is 696 g/mol. The number of carboxylic acids is 1. The Morgan fingerprint density at radius 2 is 1.02 bits per heavy atom. The number of amides is 7. The van der Waals surface area contributed by atoms with E-state index in [9.17, 15) is 43.5 Å². The quantitative estimate of drug-likeness (QED) is 0.0700. The van der Waals surface area contributed by atoms with Crippen LogP contribution in [0.25, 0.3) is 0 Å². The van der Waals surface area contributed by atoms with E-state index in [1.807, 2.05) is 6.07 Å². The number of nitrogens with one attached hydrogen (secondary N) is 5.